The minimum absolute atomic E-state index is 0.299. The molecule has 2 aromatic carbocycles. The zero-order chi connectivity index (χ0) is 15.0. The van der Waals surface area contributed by atoms with Crippen LogP contribution in [-0.4, -0.2) is 9.97 Å². The zero-order valence-corrected chi connectivity index (χ0v) is 12.7. The molecule has 21 heavy (non-hydrogen) atoms. The fourth-order valence-corrected chi connectivity index (χ4v) is 2.63. The first-order valence-corrected chi connectivity index (χ1v) is 7.26. The lowest BCUT2D eigenvalue weighted by atomic mass is 10.0. The second-order valence-corrected chi connectivity index (χ2v) is 5.74. The molecule has 1 heterocycles. The first kappa shape index (κ1) is 13.8. The number of nitrogen functional groups attached to an aromatic ring is 1. The van der Waals surface area contributed by atoms with Gasteiger partial charge >= 0.3 is 0 Å². The predicted molar refractivity (Wildman–Crippen MR) is 88.5 cm³/mol. The van der Waals surface area contributed by atoms with E-state index in [9.17, 15) is 0 Å². The Morgan fingerprint density at radius 2 is 1.71 bits per heavy atom. The Labute approximate surface area is 128 Å². The number of benzene rings is 2. The highest BCUT2D eigenvalue weighted by Gasteiger charge is 2.11. The summed E-state index contributed by atoms with van der Waals surface area (Å²) in [6, 6.07) is 13.9. The standard InChI is InChI=1S/C17H16ClN3/c1-10(2)15-9-16(21-17(19)20-15)13-7-8-14(18)12-6-4-3-5-11(12)13/h3-10H,1-2H3,(H2,19,20,21). The molecule has 0 amide bonds. The van der Waals surface area contributed by atoms with Crippen molar-refractivity contribution in [2.24, 2.45) is 0 Å². The first-order valence-electron chi connectivity index (χ1n) is 6.88. The maximum absolute atomic E-state index is 6.27. The molecule has 0 aliphatic rings. The summed E-state index contributed by atoms with van der Waals surface area (Å²) in [5, 5.41) is 2.82. The van der Waals surface area contributed by atoms with Gasteiger partial charge in [-0.05, 0) is 23.4 Å². The number of nitrogens with two attached hydrogens (primary N) is 1. The van der Waals surface area contributed by atoms with Gasteiger partial charge in [0.1, 0.15) is 0 Å². The van der Waals surface area contributed by atoms with Crippen molar-refractivity contribution in [3.05, 3.63) is 53.2 Å². The minimum Gasteiger partial charge on any atom is -0.368 e. The van der Waals surface area contributed by atoms with Gasteiger partial charge in [0, 0.05) is 21.7 Å². The van der Waals surface area contributed by atoms with E-state index in [2.05, 4.69) is 23.8 Å². The topological polar surface area (TPSA) is 51.8 Å². The SMILES string of the molecule is CC(C)c1cc(-c2ccc(Cl)c3ccccc23)nc(N)n1. The van der Waals surface area contributed by atoms with Gasteiger partial charge in [-0.1, -0.05) is 55.8 Å². The maximum Gasteiger partial charge on any atom is 0.220 e. The number of fused-ring (bicyclic) bond motifs is 1. The van der Waals surface area contributed by atoms with E-state index in [1.165, 1.54) is 0 Å². The molecule has 106 valence electrons. The van der Waals surface area contributed by atoms with Crippen LogP contribution in [0.3, 0.4) is 0 Å². The number of anilines is 1. The van der Waals surface area contributed by atoms with Crippen LogP contribution in [0.5, 0.6) is 0 Å². The third kappa shape index (κ3) is 2.57. The van der Waals surface area contributed by atoms with E-state index in [1.807, 2.05) is 42.5 Å². The van der Waals surface area contributed by atoms with Crippen LogP contribution in [0.25, 0.3) is 22.0 Å². The Morgan fingerprint density at radius 1 is 1.00 bits per heavy atom. The second-order valence-electron chi connectivity index (χ2n) is 5.33. The van der Waals surface area contributed by atoms with Gasteiger partial charge in [0.05, 0.1) is 5.69 Å². The predicted octanol–water partition coefficient (Wildman–Crippen LogP) is 4.66. The van der Waals surface area contributed by atoms with E-state index >= 15 is 0 Å². The van der Waals surface area contributed by atoms with Crippen molar-refractivity contribution in [1.29, 1.82) is 0 Å². The summed E-state index contributed by atoms with van der Waals surface area (Å²) in [5.41, 5.74) is 8.65. The van der Waals surface area contributed by atoms with Crippen molar-refractivity contribution in [2.75, 3.05) is 5.73 Å². The lowest BCUT2D eigenvalue weighted by Crippen LogP contribution is -2.02. The Morgan fingerprint density at radius 3 is 2.43 bits per heavy atom. The molecule has 0 bridgehead atoms. The van der Waals surface area contributed by atoms with Gasteiger partial charge in [-0.2, -0.15) is 0 Å². The van der Waals surface area contributed by atoms with Gasteiger partial charge in [0.2, 0.25) is 5.95 Å². The molecule has 0 fully saturated rings. The van der Waals surface area contributed by atoms with Crippen LogP contribution in [0.15, 0.2) is 42.5 Å². The fraction of sp³-hybridized carbons (Fsp3) is 0.176. The van der Waals surface area contributed by atoms with Crippen LogP contribution < -0.4 is 5.73 Å². The molecule has 0 aliphatic heterocycles. The van der Waals surface area contributed by atoms with E-state index in [0.717, 1.165) is 32.7 Å². The highest BCUT2D eigenvalue weighted by atomic mass is 35.5. The van der Waals surface area contributed by atoms with E-state index in [0.29, 0.717) is 11.9 Å². The molecular formula is C17H16ClN3. The van der Waals surface area contributed by atoms with Crippen molar-refractivity contribution in [2.45, 2.75) is 19.8 Å². The maximum atomic E-state index is 6.27. The number of rotatable bonds is 2. The average Bonchev–Trinajstić information content (AvgIpc) is 2.47. The third-order valence-corrected chi connectivity index (χ3v) is 3.83. The quantitative estimate of drug-likeness (QED) is 0.748. The summed E-state index contributed by atoms with van der Waals surface area (Å²) in [5.74, 6) is 0.600. The molecule has 0 radical (unpaired) electrons. The largest absolute Gasteiger partial charge is 0.368 e. The molecule has 0 spiro atoms. The van der Waals surface area contributed by atoms with Crippen molar-refractivity contribution < 1.29 is 0 Å². The summed E-state index contributed by atoms with van der Waals surface area (Å²) in [6.45, 7) is 4.18. The average molecular weight is 298 g/mol. The van der Waals surface area contributed by atoms with E-state index in [1.54, 1.807) is 0 Å². The molecule has 0 atom stereocenters. The fourth-order valence-electron chi connectivity index (χ4n) is 2.40. The normalized spacial score (nSPS) is 11.2. The molecule has 0 saturated heterocycles. The van der Waals surface area contributed by atoms with Crippen molar-refractivity contribution in [1.82, 2.24) is 9.97 Å². The molecule has 0 unspecified atom stereocenters. The Hall–Kier alpha value is -2.13. The highest BCUT2D eigenvalue weighted by molar-refractivity contribution is 6.36. The Bertz CT molecular complexity index is 812. The summed E-state index contributed by atoms with van der Waals surface area (Å²) in [6.07, 6.45) is 0. The van der Waals surface area contributed by atoms with Crippen LogP contribution in [-0.2, 0) is 0 Å². The van der Waals surface area contributed by atoms with Gasteiger partial charge in [-0.3, -0.25) is 0 Å². The molecule has 2 N–H and O–H groups in total. The summed E-state index contributed by atoms with van der Waals surface area (Å²) < 4.78 is 0. The molecule has 3 nitrogen and oxygen atoms in total. The number of halogens is 1. The monoisotopic (exact) mass is 297 g/mol. The summed E-state index contributed by atoms with van der Waals surface area (Å²) in [4.78, 5) is 8.69. The number of aromatic nitrogens is 2. The molecule has 4 heteroatoms. The lowest BCUT2D eigenvalue weighted by molar-refractivity contribution is 0.819. The molecule has 0 aliphatic carbocycles. The van der Waals surface area contributed by atoms with Gasteiger partial charge < -0.3 is 5.73 Å². The Balaban J connectivity index is 2.28. The number of nitrogens with zero attached hydrogens (tertiary/aromatic N) is 2. The molecular weight excluding hydrogens is 282 g/mol. The van der Waals surface area contributed by atoms with Crippen LogP contribution in [0.4, 0.5) is 5.95 Å². The second kappa shape index (κ2) is 5.34. The van der Waals surface area contributed by atoms with Crippen LogP contribution in [0, 0.1) is 0 Å². The van der Waals surface area contributed by atoms with Crippen LogP contribution in [0.1, 0.15) is 25.5 Å². The summed E-state index contributed by atoms with van der Waals surface area (Å²) in [7, 11) is 0. The number of hydrogen-bond donors (Lipinski definition) is 1. The Kier molecular flexibility index (Phi) is 3.52. The third-order valence-electron chi connectivity index (χ3n) is 3.50. The van der Waals surface area contributed by atoms with E-state index in [-0.39, 0.29) is 0 Å². The van der Waals surface area contributed by atoms with Crippen LogP contribution >= 0.6 is 11.6 Å². The minimum atomic E-state index is 0.299. The van der Waals surface area contributed by atoms with Crippen LogP contribution in [0.2, 0.25) is 5.02 Å². The van der Waals surface area contributed by atoms with E-state index < -0.39 is 0 Å². The summed E-state index contributed by atoms with van der Waals surface area (Å²) >= 11 is 6.27. The van der Waals surface area contributed by atoms with Crippen molar-refractivity contribution >= 4 is 28.3 Å². The zero-order valence-electron chi connectivity index (χ0n) is 12.0. The van der Waals surface area contributed by atoms with Gasteiger partial charge in [-0.25, -0.2) is 9.97 Å². The van der Waals surface area contributed by atoms with Crippen molar-refractivity contribution in [3.8, 4) is 11.3 Å². The first-order chi connectivity index (χ1) is 10.1. The van der Waals surface area contributed by atoms with E-state index in [4.69, 9.17) is 17.3 Å². The lowest BCUT2D eigenvalue weighted by Gasteiger charge is -2.11. The molecule has 1 aromatic heterocycles. The number of hydrogen-bond acceptors (Lipinski definition) is 3. The smallest absolute Gasteiger partial charge is 0.220 e. The van der Waals surface area contributed by atoms with Gasteiger partial charge in [0.15, 0.2) is 0 Å². The molecule has 3 rings (SSSR count). The van der Waals surface area contributed by atoms with Crippen molar-refractivity contribution in [3.63, 3.8) is 0 Å². The molecule has 3 aromatic rings. The highest BCUT2D eigenvalue weighted by Crippen LogP contribution is 2.33. The molecule has 0 saturated carbocycles. The van der Waals surface area contributed by atoms with Gasteiger partial charge in [0.25, 0.3) is 0 Å². The van der Waals surface area contributed by atoms with Gasteiger partial charge in [-0.15, -0.1) is 0 Å².